The lowest BCUT2D eigenvalue weighted by molar-refractivity contribution is -0.136. The molecule has 0 aromatic heterocycles. The number of carbonyl (C=O) groups is 1. The van der Waals surface area contributed by atoms with E-state index in [2.05, 4.69) is 6.07 Å². The largest absolute Gasteiger partial charge is 0.497 e. The first-order valence-corrected chi connectivity index (χ1v) is 12.1. The lowest BCUT2D eigenvalue weighted by Gasteiger charge is -2.27. The zero-order valence-electron chi connectivity index (χ0n) is 21.0. The minimum absolute atomic E-state index is 0.0179. The highest BCUT2D eigenvalue weighted by Crippen LogP contribution is 2.44. The van der Waals surface area contributed by atoms with Crippen molar-refractivity contribution in [1.82, 2.24) is 0 Å². The van der Waals surface area contributed by atoms with Crippen molar-refractivity contribution < 1.29 is 28.5 Å². The van der Waals surface area contributed by atoms with Gasteiger partial charge in [-0.2, -0.15) is 5.26 Å². The maximum atomic E-state index is 12.4. The van der Waals surface area contributed by atoms with Crippen molar-refractivity contribution >= 4 is 5.97 Å². The van der Waals surface area contributed by atoms with Crippen LogP contribution in [-0.4, -0.2) is 19.7 Å². The Bertz CT molecular complexity index is 1560. The van der Waals surface area contributed by atoms with Crippen LogP contribution in [0.5, 0.6) is 34.5 Å². The molecule has 0 fully saturated rings. The van der Waals surface area contributed by atoms with Crippen LogP contribution >= 0.6 is 0 Å². The molecule has 1 heterocycles. The zero-order valence-corrected chi connectivity index (χ0v) is 21.0. The van der Waals surface area contributed by atoms with Crippen LogP contribution in [0, 0.1) is 11.3 Å². The number of para-hydroxylation sites is 1. The van der Waals surface area contributed by atoms with Crippen molar-refractivity contribution in [2.75, 3.05) is 13.7 Å². The molecule has 4 aromatic rings. The zero-order chi connectivity index (χ0) is 27.2. The van der Waals surface area contributed by atoms with Gasteiger partial charge in [-0.05, 0) is 60.2 Å². The van der Waals surface area contributed by atoms with E-state index < -0.39 is 11.9 Å². The first-order chi connectivity index (χ1) is 19.0. The molecule has 194 valence electrons. The summed E-state index contributed by atoms with van der Waals surface area (Å²) in [5.74, 6) is 2.02. The Morgan fingerprint density at radius 1 is 0.872 bits per heavy atom. The van der Waals surface area contributed by atoms with Gasteiger partial charge < -0.3 is 29.4 Å². The third kappa shape index (κ3) is 5.78. The van der Waals surface area contributed by atoms with Crippen molar-refractivity contribution in [3.63, 3.8) is 0 Å². The normalized spacial score (nSPS) is 13.9. The standard InChI is InChI=1S/C31H24N2O6/c1-35-21-10-12-22(13-11-21)36-19-29(34)38-25-14-15-26-28(17-25)39-31(33)27(18-32)30(26)20-6-5-9-24(16-20)37-23-7-3-2-4-8-23/h2-17,30H,19,33H2,1H3. The summed E-state index contributed by atoms with van der Waals surface area (Å²) in [5, 5.41) is 9.89. The van der Waals surface area contributed by atoms with Crippen molar-refractivity contribution in [3.05, 3.63) is 120 Å². The molecule has 5 rings (SSSR count). The molecule has 0 aliphatic carbocycles. The van der Waals surface area contributed by atoms with Gasteiger partial charge in [0.1, 0.15) is 46.1 Å². The third-order valence-corrected chi connectivity index (χ3v) is 6.01. The fraction of sp³-hybridized carbons (Fsp3) is 0.0968. The molecule has 0 saturated heterocycles. The van der Waals surface area contributed by atoms with E-state index in [0.717, 1.165) is 5.56 Å². The van der Waals surface area contributed by atoms with E-state index in [-0.39, 0.29) is 23.8 Å². The second-order valence-electron chi connectivity index (χ2n) is 8.55. The van der Waals surface area contributed by atoms with E-state index in [9.17, 15) is 10.1 Å². The minimum Gasteiger partial charge on any atom is -0.497 e. The third-order valence-electron chi connectivity index (χ3n) is 6.01. The summed E-state index contributed by atoms with van der Waals surface area (Å²) < 4.78 is 27.8. The molecular weight excluding hydrogens is 496 g/mol. The van der Waals surface area contributed by atoms with Crippen molar-refractivity contribution in [3.8, 4) is 40.6 Å². The second kappa shape index (κ2) is 11.3. The van der Waals surface area contributed by atoms with Gasteiger partial charge in [0.15, 0.2) is 6.61 Å². The molecule has 2 N–H and O–H groups in total. The second-order valence-corrected chi connectivity index (χ2v) is 8.55. The van der Waals surface area contributed by atoms with Crippen LogP contribution in [0.4, 0.5) is 0 Å². The van der Waals surface area contributed by atoms with E-state index in [0.29, 0.717) is 34.3 Å². The van der Waals surface area contributed by atoms with Gasteiger partial charge in [-0.15, -0.1) is 0 Å². The quantitative estimate of drug-likeness (QED) is 0.233. The Hall–Kier alpha value is -5.42. The SMILES string of the molecule is COc1ccc(OCC(=O)Oc2ccc3c(c2)OC(N)=C(C#N)C3c2cccc(Oc3ccccc3)c2)cc1. The average Bonchev–Trinajstić information content (AvgIpc) is 2.96. The Labute approximate surface area is 225 Å². The Morgan fingerprint density at radius 2 is 1.59 bits per heavy atom. The predicted octanol–water partition coefficient (Wildman–Crippen LogP) is 5.69. The number of rotatable bonds is 8. The maximum absolute atomic E-state index is 12.4. The Kier molecular flexibility index (Phi) is 7.32. The van der Waals surface area contributed by atoms with Crippen LogP contribution in [0.25, 0.3) is 0 Å². The highest BCUT2D eigenvalue weighted by atomic mass is 16.6. The predicted molar refractivity (Wildman–Crippen MR) is 143 cm³/mol. The summed E-state index contributed by atoms with van der Waals surface area (Å²) in [5.41, 5.74) is 7.92. The Morgan fingerprint density at radius 3 is 2.33 bits per heavy atom. The maximum Gasteiger partial charge on any atom is 0.349 e. The van der Waals surface area contributed by atoms with Gasteiger partial charge in [0.25, 0.3) is 0 Å². The summed E-state index contributed by atoms with van der Waals surface area (Å²) in [4.78, 5) is 12.4. The van der Waals surface area contributed by atoms with Gasteiger partial charge in [0.05, 0.1) is 13.0 Å². The fourth-order valence-electron chi connectivity index (χ4n) is 4.20. The minimum atomic E-state index is -0.592. The number of hydrogen-bond donors (Lipinski definition) is 1. The highest BCUT2D eigenvalue weighted by Gasteiger charge is 2.31. The van der Waals surface area contributed by atoms with Crippen molar-refractivity contribution in [2.24, 2.45) is 5.73 Å². The topological polar surface area (TPSA) is 113 Å². The molecule has 8 heteroatoms. The van der Waals surface area contributed by atoms with Crippen LogP contribution in [0.2, 0.25) is 0 Å². The van der Waals surface area contributed by atoms with E-state index in [1.165, 1.54) is 0 Å². The van der Waals surface area contributed by atoms with E-state index >= 15 is 0 Å². The number of methoxy groups -OCH3 is 1. The van der Waals surface area contributed by atoms with Gasteiger partial charge in [-0.25, -0.2) is 4.79 Å². The summed E-state index contributed by atoms with van der Waals surface area (Å²) in [7, 11) is 1.57. The first kappa shape index (κ1) is 25.2. The molecule has 0 saturated carbocycles. The summed E-state index contributed by atoms with van der Waals surface area (Å²) in [6, 6.07) is 30.9. The van der Waals surface area contributed by atoms with Gasteiger partial charge in [-0.1, -0.05) is 36.4 Å². The smallest absolute Gasteiger partial charge is 0.349 e. The molecule has 1 unspecified atom stereocenters. The van der Waals surface area contributed by atoms with Crippen LogP contribution < -0.4 is 29.4 Å². The number of benzene rings is 4. The van der Waals surface area contributed by atoms with Gasteiger partial charge in [0, 0.05) is 11.6 Å². The number of esters is 1. The summed E-state index contributed by atoms with van der Waals surface area (Å²) >= 11 is 0. The Balaban J connectivity index is 1.35. The average molecular weight is 521 g/mol. The van der Waals surface area contributed by atoms with Crippen LogP contribution in [0.3, 0.4) is 0 Å². The number of ether oxygens (including phenoxy) is 5. The first-order valence-electron chi connectivity index (χ1n) is 12.1. The van der Waals surface area contributed by atoms with Crippen molar-refractivity contribution in [1.29, 1.82) is 5.26 Å². The number of nitriles is 1. The van der Waals surface area contributed by atoms with E-state index in [4.69, 9.17) is 29.4 Å². The van der Waals surface area contributed by atoms with Gasteiger partial charge >= 0.3 is 5.97 Å². The molecule has 1 aliphatic rings. The lowest BCUT2D eigenvalue weighted by Crippen LogP contribution is -2.21. The van der Waals surface area contributed by atoms with E-state index in [1.54, 1.807) is 49.6 Å². The molecule has 8 nitrogen and oxygen atoms in total. The monoisotopic (exact) mass is 520 g/mol. The summed E-state index contributed by atoms with van der Waals surface area (Å²) in [6.07, 6.45) is 0. The summed E-state index contributed by atoms with van der Waals surface area (Å²) in [6.45, 7) is -0.290. The molecule has 1 atom stereocenters. The van der Waals surface area contributed by atoms with Crippen molar-refractivity contribution in [2.45, 2.75) is 5.92 Å². The van der Waals surface area contributed by atoms with Gasteiger partial charge in [0.2, 0.25) is 5.88 Å². The number of nitrogens with two attached hydrogens (primary N) is 1. The molecule has 0 radical (unpaired) electrons. The lowest BCUT2D eigenvalue weighted by atomic mass is 9.83. The van der Waals surface area contributed by atoms with Gasteiger partial charge in [-0.3, -0.25) is 0 Å². The molecule has 4 aromatic carbocycles. The highest BCUT2D eigenvalue weighted by molar-refractivity contribution is 5.74. The number of nitrogens with zero attached hydrogens (tertiary/aromatic N) is 1. The molecule has 0 spiro atoms. The van der Waals surface area contributed by atoms with Crippen LogP contribution in [0.1, 0.15) is 17.0 Å². The number of carbonyl (C=O) groups excluding carboxylic acids is 1. The molecule has 39 heavy (non-hydrogen) atoms. The van der Waals surface area contributed by atoms with E-state index in [1.807, 2.05) is 54.6 Å². The van der Waals surface area contributed by atoms with Crippen LogP contribution in [-0.2, 0) is 4.79 Å². The number of allylic oxidation sites excluding steroid dienone is 1. The van der Waals surface area contributed by atoms with Crippen LogP contribution in [0.15, 0.2) is 109 Å². The number of hydrogen-bond acceptors (Lipinski definition) is 8. The molecule has 1 aliphatic heterocycles. The number of fused-ring (bicyclic) bond motifs is 1. The fourth-order valence-corrected chi connectivity index (χ4v) is 4.20. The molecule has 0 amide bonds. The molecular formula is C31H24N2O6. The molecule has 0 bridgehead atoms.